The van der Waals surface area contributed by atoms with E-state index in [4.69, 9.17) is 19.6 Å². The second-order valence-electron chi connectivity index (χ2n) is 9.24. The third kappa shape index (κ3) is 6.81. The predicted molar refractivity (Wildman–Crippen MR) is 152 cm³/mol. The average molecular weight is 581 g/mol. The van der Waals surface area contributed by atoms with Gasteiger partial charge in [0.1, 0.15) is 5.75 Å². The molecule has 0 bridgehead atoms. The van der Waals surface area contributed by atoms with Crippen molar-refractivity contribution in [1.82, 2.24) is 10.9 Å². The van der Waals surface area contributed by atoms with Crippen molar-refractivity contribution in [3.05, 3.63) is 100 Å². The molecule has 0 saturated heterocycles. The van der Waals surface area contributed by atoms with Crippen LogP contribution in [0.3, 0.4) is 0 Å². The lowest BCUT2D eigenvalue weighted by Crippen LogP contribution is -2.54. The Bertz CT molecular complexity index is 1200. The summed E-state index contributed by atoms with van der Waals surface area (Å²) < 4.78 is 13.1. The monoisotopic (exact) mass is 579 g/mol. The second kappa shape index (κ2) is 13.6. The molecule has 0 unspecified atom stereocenters. The van der Waals surface area contributed by atoms with E-state index >= 15 is 0 Å². The van der Waals surface area contributed by atoms with Gasteiger partial charge in [-0.2, -0.15) is 0 Å². The molecule has 2 atom stereocenters. The van der Waals surface area contributed by atoms with Crippen molar-refractivity contribution in [3.63, 3.8) is 0 Å². The van der Waals surface area contributed by atoms with Crippen molar-refractivity contribution in [2.45, 2.75) is 44.2 Å². The summed E-state index contributed by atoms with van der Waals surface area (Å²) in [6, 6.07) is 25.1. The summed E-state index contributed by atoms with van der Waals surface area (Å²) in [6.45, 7) is 3.29. The molecule has 3 N–H and O–H groups in total. The van der Waals surface area contributed by atoms with Crippen LogP contribution in [-0.2, 0) is 16.0 Å². The number of halogens is 1. The number of hydrogen-bond acceptors (Lipinski definition) is 6. The minimum Gasteiger partial charge on any atom is -0.494 e. The number of aliphatic imine (C=N–C) groups is 1. The van der Waals surface area contributed by atoms with Gasteiger partial charge in [-0.05, 0) is 53.9 Å². The fourth-order valence-electron chi connectivity index (χ4n) is 4.34. The summed E-state index contributed by atoms with van der Waals surface area (Å²) in [5.41, 5.74) is 7.35. The molecule has 0 aliphatic carbocycles. The Morgan fingerprint density at radius 2 is 1.79 bits per heavy atom. The van der Waals surface area contributed by atoms with Gasteiger partial charge in [0, 0.05) is 36.0 Å². The molecule has 0 radical (unpaired) electrons. The Hall–Kier alpha value is -3.20. The van der Waals surface area contributed by atoms with Gasteiger partial charge in [-0.1, -0.05) is 71.7 Å². The highest BCUT2D eigenvalue weighted by atomic mass is 79.9. The van der Waals surface area contributed by atoms with Gasteiger partial charge in [-0.15, -0.1) is 0 Å². The Balaban J connectivity index is 1.72. The molecule has 8 heteroatoms. The lowest BCUT2D eigenvalue weighted by molar-refractivity contribution is -0.130. The normalized spacial score (nSPS) is 18.5. The quantitative estimate of drug-likeness (QED) is 0.193. The zero-order valence-electron chi connectivity index (χ0n) is 21.5. The molecular formula is C30H34BrN3O4. The highest BCUT2D eigenvalue weighted by Crippen LogP contribution is 2.42. The zero-order chi connectivity index (χ0) is 26.8. The molecule has 0 aromatic heterocycles. The van der Waals surface area contributed by atoms with Gasteiger partial charge < -0.3 is 14.6 Å². The molecule has 1 heterocycles. The van der Waals surface area contributed by atoms with Crippen LogP contribution in [-0.4, -0.2) is 42.2 Å². The summed E-state index contributed by atoms with van der Waals surface area (Å²) in [5, 5.41) is 8.99. The minimum atomic E-state index is -1.24. The van der Waals surface area contributed by atoms with Crippen LogP contribution >= 0.6 is 15.9 Å². The Morgan fingerprint density at radius 3 is 2.47 bits per heavy atom. The van der Waals surface area contributed by atoms with E-state index in [-0.39, 0.29) is 12.5 Å². The molecule has 7 nitrogen and oxygen atoms in total. The van der Waals surface area contributed by atoms with E-state index in [0.717, 1.165) is 34.0 Å². The van der Waals surface area contributed by atoms with Gasteiger partial charge in [-0.3, -0.25) is 10.2 Å². The number of nitrogens with one attached hydrogen (secondary N) is 2. The van der Waals surface area contributed by atoms with E-state index in [2.05, 4.69) is 33.7 Å². The summed E-state index contributed by atoms with van der Waals surface area (Å²) >= 11 is 3.51. The number of ether oxygens (including phenoxy) is 2. The van der Waals surface area contributed by atoms with Crippen molar-refractivity contribution in [2.75, 3.05) is 19.8 Å². The van der Waals surface area contributed by atoms with Crippen LogP contribution in [0.5, 0.6) is 5.75 Å². The van der Waals surface area contributed by atoms with Crippen LogP contribution in [0.2, 0.25) is 0 Å². The molecule has 1 aliphatic rings. The molecule has 0 saturated carbocycles. The largest absolute Gasteiger partial charge is 0.494 e. The number of carbonyl (C=O) groups excluding carboxylic acids is 1. The lowest BCUT2D eigenvalue weighted by atomic mass is 9.82. The molecule has 0 spiro atoms. The van der Waals surface area contributed by atoms with Crippen molar-refractivity contribution >= 4 is 27.7 Å². The summed E-state index contributed by atoms with van der Waals surface area (Å²) in [6.07, 6.45) is 2.25. The highest BCUT2D eigenvalue weighted by Gasteiger charge is 2.53. The third-order valence-electron chi connectivity index (χ3n) is 6.38. The smallest absolute Gasteiger partial charge is 0.266 e. The van der Waals surface area contributed by atoms with Gasteiger partial charge in [0.25, 0.3) is 5.91 Å². The molecule has 1 amide bonds. The number of nitrogens with zero attached hydrogens (tertiary/aromatic N) is 1. The third-order valence-corrected chi connectivity index (χ3v) is 6.91. The van der Waals surface area contributed by atoms with Gasteiger partial charge >= 0.3 is 0 Å². The van der Waals surface area contributed by atoms with Crippen LogP contribution in [0.1, 0.15) is 49.0 Å². The SMILES string of the molecule is CCCCNNC(=O)[C@@]1(Cc2ccccc2)N=C(c2ccc(OCCCO)cc2)O[C@H]1c1ccc(Br)cc1. The molecule has 3 aromatic carbocycles. The van der Waals surface area contributed by atoms with Crippen LogP contribution in [0.15, 0.2) is 88.3 Å². The predicted octanol–water partition coefficient (Wildman–Crippen LogP) is 5.13. The van der Waals surface area contributed by atoms with Crippen LogP contribution in [0.25, 0.3) is 0 Å². The van der Waals surface area contributed by atoms with Crippen LogP contribution < -0.4 is 15.6 Å². The maximum atomic E-state index is 14.0. The summed E-state index contributed by atoms with van der Waals surface area (Å²) in [4.78, 5) is 19.0. The number of rotatable bonds is 13. The number of aliphatic hydroxyl groups is 1. The number of aliphatic hydroxyl groups excluding tert-OH is 1. The van der Waals surface area contributed by atoms with E-state index in [1.165, 1.54) is 0 Å². The summed E-state index contributed by atoms with van der Waals surface area (Å²) in [7, 11) is 0. The summed E-state index contributed by atoms with van der Waals surface area (Å²) in [5.74, 6) is 0.850. The number of unbranched alkanes of at least 4 members (excludes halogenated alkanes) is 1. The van der Waals surface area contributed by atoms with Gasteiger partial charge in [0.05, 0.1) is 6.61 Å². The van der Waals surface area contributed by atoms with Gasteiger partial charge in [0.2, 0.25) is 5.90 Å². The van der Waals surface area contributed by atoms with Crippen molar-refractivity contribution in [1.29, 1.82) is 0 Å². The molecule has 0 fully saturated rings. The highest BCUT2D eigenvalue weighted by molar-refractivity contribution is 9.10. The van der Waals surface area contributed by atoms with E-state index in [9.17, 15) is 4.79 Å². The molecule has 4 rings (SSSR count). The first-order valence-corrected chi connectivity index (χ1v) is 13.8. The maximum absolute atomic E-state index is 14.0. The zero-order valence-corrected chi connectivity index (χ0v) is 23.1. The van der Waals surface area contributed by atoms with Gasteiger partial charge in [-0.25, -0.2) is 10.4 Å². The van der Waals surface area contributed by atoms with E-state index in [0.29, 0.717) is 37.6 Å². The number of amides is 1. The molecule has 3 aromatic rings. The Morgan fingerprint density at radius 1 is 1.05 bits per heavy atom. The molecule has 38 heavy (non-hydrogen) atoms. The molecule has 200 valence electrons. The maximum Gasteiger partial charge on any atom is 0.266 e. The van der Waals surface area contributed by atoms with E-state index in [1.807, 2.05) is 78.9 Å². The van der Waals surface area contributed by atoms with Crippen molar-refractivity contribution in [2.24, 2.45) is 4.99 Å². The lowest BCUT2D eigenvalue weighted by Gasteiger charge is -2.31. The second-order valence-corrected chi connectivity index (χ2v) is 10.2. The fourth-order valence-corrected chi connectivity index (χ4v) is 4.61. The van der Waals surface area contributed by atoms with Crippen molar-refractivity contribution < 1.29 is 19.4 Å². The first kappa shape index (κ1) is 27.8. The van der Waals surface area contributed by atoms with E-state index in [1.54, 1.807) is 0 Å². The Kier molecular flexibility index (Phi) is 9.92. The fraction of sp³-hybridized carbons (Fsp3) is 0.333. The van der Waals surface area contributed by atoms with Crippen LogP contribution in [0.4, 0.5) is 0 Å². The molecular weight excluding hydrogens is 546 g/mol. The van der Waals surface area contributed by atoms with Crippen molar-refractivity contribution in [3.8, 4) is 5.75 Å². The number of hydrazine groups is 1. The van der Waals surface area contributed by atoms with E-state index < -0.39 is 11.6 Å². The Labute approximate surface area is 232 Å². The van der Waals surface area contributed by atoms with Gasteiger partial charge in [0.15, 0.2) is 11.6 Å². The average Bonchev–Trinajstić information content (AvgIpc) is 3.33. The number of hydrogen-bond donors (Lipinski definition) is 3. The number of carbonyl (C=O) groups is 1. The first-order valence-electron chi connectivity index (χ1n) is 13.0. The number of benzene rings is 3. The topological polar surface area (TPSA) is 92.2 Å². The molecule has 1 aliphatic heterocycles. The first-order chi connectivity index (χ1) is 18.6. The van der Waals surface area contributed by atoms with Crippen LogP contribution in [0, 0.1) is 0 Å². The standard InChI is InChI=1S/C30H34BrN3O4/c1-2-3-18-32-34-29(36)30(21-22-8-5-4-6-9-22)27(23-10-14-25(31)15-11-23)38-28(33-30)24-12-16-26(17-13-24)37-20-7-19-35/h4-6,8-17,27,32,35H,2-3,7,18-21H2,1H3,(H,34,36)/t27-,30-/m0/s1. The minimum absolute atomic E-state index is 0.0824.